The normalized spacial score (nSPS) is 12.0. The zero-order valence-electron chi connectivity index (χ0n) is 17.0. The van der Waals surface area contributed by atoms with E-state index in [-0.39, 0.29) is 5.97 Å². The van der Waals surface area contributed by atoms with Crippen molar-refractivity contribution in [1.82, 2.24) is 4.98 Å². The van der Waals surface area contributed by atoms with E-state index < -0.39 is 6.10 Å². The molecule has 0 saturated carbocycles. The summed E-state index contributed by atoms with van der Waals surface area (Å²) in [5.41, 5.74) is 1.48. The second-order valence-electron chi connectivity index (χ2n) is 6.44. The molecule has 0 radical (unpaired) electrons. The van der Waals surface area contributed by atoms with Crippen LogP contribution in [-0.2, 0) is 9.53 Å². The molecule has 6 nitrogen and oxygen atoms in total. The fourth-order valence-electron chi connectivity index (χ4n) is 2.71. The van der Waals surface area contributed by atoms with E-state index in [1.165, 1.54) is 0 Å². The molecule has 0 aliphatic rings. The van der Waals surface area contributed by atoms with Gasteiger partial charge in [-0.05, 0) is 43.9 Å². The van der Waals surface area contributed by atoms with Gasteiger partial charge in [0.15, 0.2) is 11.5 Å². The molecule has 1 N–H and O–H groups in total. The Morgan fingerprint density at radius 3 is 2.69 bits per heavy atom. The number of hydrogen-bond acceptors (Lipinski definition) is 6. The number of aromatic nitrogens is 1. The number of pyridine rings is 1. The van der Waals surface area contributed by atoms with Gasteiger partial charge in [-0.2, -0.15) is 0 Å². The van der Waals surface area contributed by atoms with Gasteiger partial charge >= 0.3 is 5.97 Å². The second-order valence-corrected chi connectivity index (χ2v) is 6.44. The van der Waals surface area contributed by atoms with Gasteiger partial charge in [0, 0.05) is 12.5 Å². The fraction of sp³-hybridized carbons (Fsp3) is 0.391. The summed E-state index contributed by atoms with van der Waals surface area (Å²) < 4.78 is 16.1. The topological polar surface area (TPSA) is 77.9 Å². The van der Waals surface area contributed by atoms with E-state index in [2.05, 4.69) is 4.98 Å². The smallest absolute Gasteiger partial charge is 0.305 e. The predicted molar refractivity (Wildman–Crippen MR) is 112 cm³/mol. The highest BCUT2D eigenvalue weighted by Crippen LogP contribution is 2.27. The van der Waals surface area contributed by atoms with Crippen molar-refractivity contribution in [2.45, 2.75) is 38.7 Å². The van der Waals surface area contributed by atoms with Gasteiger partial charge in [-0.15, -0.1) is 0 Å². The van der Waals surface area contributed by atoms with Crippen molar-refractivity contribution in [2.24, 2.45) is 0 Å². The summed E-state index contributed by atoms with van der Waals surface area (Å²) in [6.07, 6.45) is 7.25. The van der Waals surface area contributed by atoms with Gasteiger partial charge in [0.1, 0.15) is 0 Å². The minimum absolute atomic E-state index is 0.154. The van der Waals surface area contributed by atoms with Gasteiger partial charge in [0.05, 0.1) is 38.3 Å². The molecule has 0 fully saturated rings. The molecule has 6 heteroatoms. The van der Waals surface area contributed by atoms with Gasteiger partial charge in [0.2, 0.25) is 0 Å². The third kappa shape index (κ3) is 7.95. The Labute approximate surface area is 172 Å². The molecule has 1 aromatic heterocycles. The highest BCUT2D eigenvalue weighted by atomic mass is 16.5. The Balaban J connectivity index is 1.86. The average molecular weight is 399 g/mol. The number of ether oxygens (including phenoxy) is 3. The van der Waals surface area contributed by atoms with Crippen LogP contribution in [0.25, 0.3) is 6.08 Å². The number of esters is 1. The van der Waals surface area contributed by atoms with E-state index in [0.717, 1.165) is 24.8 Å². The Hall–Kier alpha value is -2.86. The Bertz CT molecular complexity index is 776. The van der Waals surface area contributed by atoms with Crippen LogP contribution in [-0.4, -0.2) is 36.4 Å². The number of benzene rings is 1. The summed E-state index contributed by atoms with van der Waals surface area (Å²) in [6.45, 7) is 2.74. The molecular formula is C23H29NO5. The predicted octanol–water partition coefficient (Wildman–Crippen LogP) is 4.34. The summed E-state index contributed by atoms with van der Waals surface area (Å²) in [7, 11) is 1.57. The van der Waals surface area contributed by atoms with Crippen LogP contribution in [0, 0.1) is 0 Å². The number of nitrogens with zero attached hydrogens (tertiary/aromatic N) is 1. The lowest BCUT2D eigenvalue weighted by atomic mass is 10.1. The van der Waals surface area contributed by atoms with Crippen LogP contribution in [0.2, 0.25) is 0 Å². The first-order chi connectivity index (χ1) is 14.1. The van der Waals surface area contributed by atoms with Crippen LogP contribution in [0.15, 0.2) is 48.7 Å². The number of aliphatic hydroxyl groups is 1. The number of carbonyl (C=O) groups is 1. The van der Waals surface area contributed by atoms with Crippen LogP contribution >= 0.6 is 0 Å². The number of rotatable bonds is 12. The molecule has 29 heavy (non-hydrogen) atoms. The summed E-state index contributed by atoms with van der Waals surface area (Å²) in [4.78, 5) is 15.6. The Morgan fingerprint density at radius 2 is 1.97 bits per heavy atom. The molecule has 1 heterocycles. The van der Waals surface area contributed by atoms with E-state index in [0.29, 0.717) is 36.8 Å². The summed E-state index contributed by atoms with van der Waals surface area (Å²) >= 11 is 0. The number of hydrogen-bond donors (Lipinski definition) is 1. The van der Waals surface area contributed by atoms with E-state index in [9.17, 15) is 9.90 Å². The minimum Gasteiger partial charge on any atom is -0.491 e. The highest BCUT2D eigenvalue weighted by Gasteiger charge is 2.08. The van der Waals surface area contributed by atoms with Gasteiger partial charge in [-0.1, -0.05) is 30.3 Å². The molecule has 0 bridgehead atoms. The van der Waals surface area contributed by atoms with Crippen molar-refractivity contribution in [3.8, 4) is 11.5 Å². The van der Waals surface area contributed by atoms with Crippen LogP contribution < -0.4 is 9.47 Å². The molecule has 1 atom stereocenters. The van der Waals surface area contributed by atoms with Gasteiger partial charge < -0.3 is 19.3 Å². The maximum atomic E-state index is 11.3. The monoisotopic (exact) mass is 399 g/mol. The largest absolute Gasteiger partial charge is 0.491 e. The number of unbranched alkanes of at least 4 members (excludes halogenated alkanes) is 2. The molecule has 2 rings (SSSR count). The fourth-order valence-corrected chi connectivity index (χ4v) is 2.71. The Morgan fingerprint density at radius 1 is 1.17 bits per heavy atom. The summed E-state index contributed by atoms with van der Waals surface area (Å²) in [5, 5.41) is 10.2. The number of aliphatic hydroxyl groups excluding tert-OH is 1. The molecule has 2 aromatic rings. The van der Waals surface area contributed by atoms with E-state index in [1.54, 1.807) is 38.4 Å². The van der Waals surface area contributed by atoms with Crippen molar-refractivity contribution in [3.63, 3.8) is 0 Å². The highest BCUT2D eigenvalue weighted by molar-refractivity contribution is 5.69. The molecule has 0 spiro atoms. The lowest BCUT2D eigenvalue weighted by Gasteiger charge is -2.11. The lowest BCUT2D eigenvalue weighted by Crippen LogP contribution is -2.04. The SMILES string of the molecule is CCOC(=O)CCCCCOc1cc(/C=C/C(O)c2ccccc2)ncc1OC. The molecule has 0 aliphatic heterocycles. The quantitative estimate of drug-likeness (QED) is 0.423. The molecule has 0 saturated heterocycles. The number of carbonyl (C=O) groups excluding carboxylic acids is 1. The zero-order chi connectivity index (χ0) is 20.9. The first-order valence-electron chi connectivity index (χ1n) is 9.87. The van der Waals surface area contributed by atoms with Crippen molar-refractivity contribution in [1.29, 1.82) is 0 Å². The van der Waals surface area contributed by atoms with E-state index in [1.807, 2.05) is 30.3 Å². The first-order valence-corrected chi connectivity index (χ1v) is 9.87. The zero-order valence-corrected chi connectivity index (χ0v) is 17.0. The average Bonchev–Trinajstić information content (AvgIpc) is 2.75. The maximum Gasteiger partial charge on any atom is 0.305 e. The standard InChI is InChI=1S/C23H29NO5/c1-3-28-23(26)12-8-5-9-15-29-21-16-19(24-17-22(21)27-2)13-14-20(25)18-10-6-4-7-11-18/h4,6-7,10-11,13-14,16-17,20,25H,3,5,8-9,12,15H2,1-2H3/b14-13+. The molecular weight excluding hydrogens is 370 g/mol. The minimum atomic E-state index is -0.705. The van der Waals surface area contributed by atoms with Gasteiger partial charge in [0.25, 0.3) is 0 Å². The van der Waals surface area contributed by atoms with Crippen molar-refractivity contribution in [2.75, 3.05) is 20.3 Å². The van der Waals surface area contributed by atoms with Crippen LogP contribution in [0.5, 0.6) is 11.5 Å². The first kappa shape index (κ1) is 22.4. The maximum absolute atomic E-state index is 11.3. The van der Waals surface area contributed by atoms with E-state index >= 15 is 0 Å². The molecule has 0 amide bonds. The van der Waals surface area contributed by atoms with Crippen molar-refractivity contribution >= 4 is 12.0 Å². The van der Waals surface area contributed by atoms with Crippen molar-refractivity contribution < 1.29 is 24.1 Å². The van der Waals surface area contributed by atoms with Crippen molar-refractivity contribution in [3.05, 3.63) is 59.9 Å². The second kappa shape index (κ2) is 12.6. The number of methoxy groups -OCH3 is 1. The third-order valence-electron chi connectivity index (χ3n) is 4.25. The van der Waals surface area contributed by atoms with Crippen LogP contribution in [0.1, 0.15) is 50.0 Å². The van der Waals surface area contributed by atoms with Crippen LogP contribution in [0.3, 0.4) is 0 Å². The Kier molecular flexibility index (Phi) is 9.72. The van der Waals surface area contributed by atoms with Gasteiger partial charge in [-0.25, -0.2) is 0 Å². The van der Waals surface area contributed by atoms with E-state index in [4.69, 9.17) is 14.2 Å². The molecule has 1 unspecified atom stereocenters. The summed E-state index contributed by atoms with van der Waals surface area (Å²) in [6, 6.07) is 11.2. The molecule has 1 aromatic carbocycles. The van der Waals surface area contributed by atoms with Gasteiger partial charge in [-0.3, -0.25) is 9.78 Å². The third-order valence-corrected chi connectivity index (χ3v) is 4.25. The molecule has 156 valence electrons. The van der Waals surface area contributed by atoms with Crippen LogP contribution in [0.4, 0.5) is 0 Å². The summed E-state index contributed by atoms with van der Waals surface area (Å²) in [5.74, 6) is 0.998. The molecule has 0 aliphatic carbocycles. The lowest BCUT2D eigenvalue weighted by molar-refractivity contribution is -0.143.